The normalized spacial score (nSPS) is 10.9. The van der Waals surface area contributed by atoms with Gasteiger partial charge in [-0.3, -0.25) is 0 Å². The van der Waals surface area contributed by atoms with E-state index in [1.807, 2.05) is 30.3 Å². The van der Waals surface area contributed by atoms with Gasteiger partial charge in [-0.25, -0.2) is 0 Å². The van der Waals surface area contributed by atoms with Crippen molar-refractivity contribution in [3.8, 4) is 0 Å². The summed E-state index contributed by atoms with van der Waals surface area (Å²) in [6, 6.07) is 13.7. The highest BCUT2D eigenvalue weighted by molar-refractivity contribution is 7.11. The van der Waals surface area contributed by atoms with Crippen LogP contribution in [0.4, 0.5) is 5.00 Å². The van der Waals surface area contributed by atoms with Crippen LogP contribution in [0.3, 0.4) is 0 Å². The van der Waals surface area contributed by atoms with E-state index < -0.39 is 0 Å². The van der Waals surface area contributed by atoms with Gasteiger partial charge in [0.15, 0.2) is 0 Å². The summed E-state index contributed by atoms with van der Waals surface area (Å²) in [5.74, 6) is 0. The van der Waals surface area contributed by atoms with E-state index in [0.717, 1.165) is 29.0 Å². The molecule has 0 unspecified atom stereocenters. The molecule has 0 amide bonds. The highest BCUT2D eigenvalue weighted by Crippen LogP contribution is 2.27. The highest BCUT2D eigenvalue weighted by Gasteiger charge is 2.05. The Kier molecular flexibility index (Phi) is 4.10. The van der Waals surface area contributed by atoms with Gasteiger partial charge in [-0.05, 0) is 47.8 Å². The average Bonchev–Trinajstić information content (AvgIpc) is 2.85. The molecule has 0 fully saturated rings. The van der Waals surface area contributed by atoms with E-state index in [9.17, 15) is 0 Å². The Morgan fingerprint density at radius 3 is 2.80 bits per heavy atom. The number of hydrogen-bond donors (Lipinski definition) is 1. The molecule has 2 nitrogen and oxygen atoms in total. The molecule has 5 heteroatoms. The number of rotatable bonds is 4. The van der Waals surface area contributed by atoms with Gasteiger partial charge in [0.25, 0.3) is 0 Å². The van der Waals surface area contributed by atoms with Gasteiger partial charge in [0.2, 0.25) is 0 Å². The van der Waals surface area contributed by atoms with Gasteiger partial charge in [0, 0.05) is 22.0 Å². The zero-order valence-corrected chi connectivity index (χ0v) is 12.9. The fourth-order valence-electron chi connectivity index (χ4n) is 2.05. The van der Waals surface area contributed by atoms with Crippen LogP contribution >= 0.6 is 34.7 Å². The fourth-order valence-corrected chi connectivity index (χ4v) is 3.34. The van der Waals surface area contributed by atoms with Gasteiger partial charge in [0.05, 0.1) is 5.52 Å². The van der Waals surface area contributed by atoms with Crippen LogP contribution in [0, 0.1) is 0 Å². The number of hydrogen-bond acceptors (Lipinski definition) is 3. The number of nitrogens with zero attached hydrogens (tertiary/aromatic N) is 1. The van der Waals surface area contributed by atoms with E-state index in [1.165, 1.54) is 16.9 Å². The molecule has 0 aliphatic rings. The van der Waals surface area contributed by atoms with Crippen molar-refractivity contribution in [3.05, 3.63) is 58.1 Å². The Morgan fingerprint density at radius 1 is 1.10 bits per heavy atom. The number of benzene rings is 2. The van der Waals surface area contributed by atoms with Crippen LogP contribution in [0.25, 0.3) is 10.9 Å². The Labute approximate surface area is 131 Å². The minimum absolute atomic E-state index is 0.667. The van der Waals surface area contributed by atoms with Crippen LogP contribution in [0.5, 0.6) is 0 Å². The van der Waals surface area contributed by atoms with Gasteiger partial charge in [-0.1, -0.05) is 41.4 Å². The third-order valence-corrected chi connectivity index (χ3v) is 4.50. The molecule has 1 N–H and O–H groups in total. The summed E-state index contributed by atoms with van der Waals surface area (Å²) < 4.78 is 4.41. The van der Waals surface area contributed by atoms with Gasteiger partial charge < -0.3 is 5.32 Å². The maximum Gasteiger partial charge on any atom is 0.117 e. The van der Waals surface area contributed by atoms with Crippen LogP contribution in [0.1, 0.15) is 5.56 Å². The molecule has 0 saturated heterocycles. The van der Waals surface area contributed by atoms with Crippen molar-refractivity contribution in [3.63, 3.8) is 0 Å². The lowest BCUT2D eigenvalue weighted by Crippen LogP contribution is -2.04. The summed E-state index contributed by atoms with van der Waals surface area (Å²) in [5, 5.41) is 7.07. The van der Waals surface area contributed by atoms with Gasteiger partial charge in [-0.15, -0.1) is 0 Å². The lowest BCUT2D eigenvalue weighted by molar-refractivity contribution is 1.03. The van der Waals surface area contributed by atoms with Crippen molar-refractivity contribution in [2.75, 3.05) is 11.9 Å². The van der Waals surface area contributed by atoms with E-state index in [1.54, 1.807) is 6.07 Å². The monoisotopic (exact) mass is 322 g/mol. The Balaban J connectivity index is 1.68. The maximum atomic E-state index is 6.16. The number of nitrogens with one attached hydrogen (secondary N) is 1. The largest absolute Gasteiger partial charge is 0.375 e. The van der Waals surface area contributed by atoms with Crippen molar-refractivity contribution in [2.45, 2.75) is 6.42 Å². The average molecular weight is 323 g/mol. The molecule has 1 aromatic heterocycles. The first kappa shape index (κ1) is 13.7. The van der Waals surface area contributed by atoms with Crippen molar-refractivity contribution in [1.29, 1.82) is 0 Å². The zero-order valence-electron chi connectivity index (χ0n) is 10.6. The van der Waals surface area contributed by atoms with Crippen molar-refractivity contribution in [2.24, 2.45) is 0 Å². The van der Waals surface area contributed by atoms with Crippen molar-refractivity contribution >= 4 is 50.6 Å². The molecule has 3 aromatic rings. The van der Waals surface area contributed by atoms with Crippen molar-refractivity contribution in [1.82, 2.24) is 4.37 Å². The van der Waals surface area contributed by atoms with Gasteiger partial charge >= 0.3 is 0 Å². The molecule has 0 spiro atoms. The molecule has 1 heterocycles. The molecule has 3 rings (SSSR count). The molecular weight excluding hydrogens is 311 g/mol. The molecule has 0 aliphatic carbocycles. The molecule has 102 valence electrons. The second kappa shape index (κ2) is 6.00. The van der Waals surface area contributed by atoms with E-state index in [-0.39, 0.29) is 0 Å². The van der Waals surface area contributed by atoms with Crippen LogP contribution in [0.15, 0.2) is 42.5 Å². The summed E-state index contributed by atoms with van der Waals surface area (Å²) in [5.41, 5.74) is 2.13. The summed E-state index contributed by atoms with van der Waals surface area (Å²) in [4.78, 5) is 0. The van der Waals surface area contributed by atoms with E-state index in [2.05, 4.69) is 15.8 Å². The van der Waals surface area contributed by atoms with Crippen LogP contribution in [-0.4, -0.2) is 10.9 Å². The summed E-state index contributed by atoms with van der Waals surface area (Å²) in [6.07, 6.45) is 0.849. The Bertz CT molecular complexity index is 740. The Hall–Kier alpha value is -1.29. The number of aromatic nitrogens is 1. The second-order valence-electron chi connectivity index (χ2n) is 4.44. The first-order chi connectivity index (χ1) is 9.74. The van der Waals surface area contributed by atoms with Crippen molar-refractivity contribution < 1.29 is 0 Å². The summed E-state index contributed by atoms with van der Waals surface area (Å²) >= 11 is 13.5. The predicted octanol–water partition coefficient (Wildman–Crippen LogP) is 5.26. The van der Waals surface area contributed by atoms with Gasteiger partial charge in [0.1, 0.15) is 5.00 Å². The molecule has 2 aromatic carbocycles. The minimum Gasteiger partial charge on any atom is -0.375 e. The van der Waals surface area contributed by atoms with Crippen LogP contribution < -0.4 is 5.32 Å². The highest BCUT2D eigenvalue weighted by atomic mass is 35.5. The SMILES string of the molecule is Clc1ccc(CCNc2snc3ccccc23)c(Cl)c1. The third kappa shape index (κ3) is 2.90. The number of halogens is 2. The lowest BCUT2D eigenvalue weighted by Gasteiger charge is -2.06. The minimum atomic E-state index is 0.667. The van der Waals surface area contributed by atoms with E-state index in [4.69, 9.17) is 23.2 Å². The van der Waals surface area contributed by atoms with E-state index >= 15 is 0 Å². The summed E-state index contributed by atoms with van der Waals surface area (Å²) in [7, 11) is 0. The van der Waals surface area contributed by atoms with Gasteiger partial charge in [-0.2, -0.15) is 4.37 Å². The summed E-state index contributed by atoms with van der Waals surface area (Å²) in [6.45, 7) is 0.813. The molecule has 0 aliphatic heterocycles. The Morgan fingerprint density at radius 2 is 1.95 bits per heavy atom. The lowest BCUT2D eigenvalue weighted by atomic mass is 10.1. The smallest absolute Gasteiger partial charge is 0.117 e. The number of fused-ring (bicyclic) bond motifs is 1. The zero-order chi connectivity index (χ0) is 13.9. The molecule has 0 bridgehead atoms. The first-order valence-electron chi connectivity index (χ1n) is 6.26. The predicted molar refractivity (Wildman–Crippen MR) is 88.3 cm³/mol. The number of anilines is 1. The molecule has 0 radical (unpaired) electrons. The van der Waals surface area contributed by atoms with Crippen LogP contribution in [-0.2, 0) is 6.42 Å². The third-order valence-electron chi connectivity index (χ3n) is 3.08. The fraction of sp³-hybridized carbons (Fsp3) is 0.133. The topological polar surface area (TPSA) is 24.9 Å². The molecule has 0 saturated carbocycles. The van der Waals surface area contributed by atoms with Crippen LogP contribution in [0.2, 0.25) is 10.0 Å². The van der Waals surface area contributed by atoms with E-state index in [0.29, 0.717) is 10.0 Å². The maximum absolute atomic E-state index is 6.16. The quantitative estimate of drug-likeness (QED) is 0.708. The second-order valence-corrected chi connectivity index (χ2v) is 6.06. The standard InChI is InChI=1S/C15H12Cl2N2S/c16-11-6-5-10(13(17)9-11)7-8-18-15-12-3-1-2-4-14(12)19-20-15/h1-6,9,18H,7-8H2. The first-order valence-corrected chi connectivity index (χ1v) is 7.79. The molecule has 20 heavy (non-hydrogen) atoms. The molecule has 0 atom stereocenters. The molecular formula is C15H12Cl2N2S.